The number of nitrogens with two attached hydrogens (primary N) is 1. The largest absolute Gasteiger partial charge is 0.481 e. The third-order valence-corrected chi connectivity index (χ3v) is 8.99. The van der Waals surface area contributed by atoms with Crippen LogP contribution in [-0.4, -0.2) is 139 Å². The first-order chi connectivity index (χ1) is 22.0. The van der Waals surface area contributed by atoms with Crippen LogP contribution in [0.5, 0.6) is 0 Å². The number of carbonyl (C=O) groups excluding carboxylic acids is 3. The number of ether oxygens (including phenoxy) is 1. The molecule has 0 aromatic carbocycles. The van der Waals surface area contributed by atoms with E-state index in [2.05, 4.69) is 30.4 Å². The molecule has 1 aromatic heterocycles. The van der Waals surface area contributed by atoms with E-state index in [0.717, 1.165) is 39.2 Å². The lowest BCUT2D eigenvalue weighted by Crippen LogP contribution is -2.56. The van der Waals surface area contributed by atoms with Crippen molar-refractivity contribution in [1.29, 1.82) is 0 Å². The molecule has 2 aliphatic heterocycles. The number of hydrogen-bond donors (Lipinski definition) is 5. The maximum Gasteiger partial charge on any atom is 0.300 e. The summed E-state index contributed by atoms with van der Waals surface area (Å²) in [5, 5.41) is 16.6. The van der Waals surface area contributed by atoms with E-state index in [1.807, 2.05) is 4.90 Å². The molecule has 2 atom stereocenters. The number of carbonyl (C=O) groups is 4. The van der Waals surface area contributed by atoms with E-state index >= 15 is 0 Å². The maximum absolute atomic E-state index is 13.8. The first-order valence-corrected chi connectivity index (χ1v) is 16.6. The molecule has 46 heavy (non-hydrogen) atoms. The molecular weight excluding hydrogens is 624 g/mol. The lowest BCUT2D eigenvalue weighted by atomic mass is 9.98. The maximum atomic E-state index is 13.8. The second kappa shape index (κ2) is 18.3. The topological polar surface area (TPSA) is 242 Å². The predicted molar refractivity (Wildman–Crippen MR) is 165 cm³/mol. The third-order valence-electron chi connectivity index (χ3n) is 7.36. The zero-order chi connectivity index (χ0) is 33.5. The summed E-state index contributed by atoms with van der Waals surface area (Å²) in [6, 6.07) is -1.41. The zero-order valence-electron chi connectivity index (χ0n) is 25.9. The predicted octanol–water partition coefficient (Wildman–Crippen LogP) is -2.06. The van der Waals surface area contributed by atoms with E-state index in [-0.39, 0.29) is 63.5 Å². The lowest BCUT2D eigenvalue weighted by molar-refractivity contribution is -0.136. The van der Waals surface area contributed by atoms with Crippen LogP contribution in [0.15, 0.2) is 23.7 Å². The number of amides is 3. The fourth-order valence-electron chi connectivity index (χ4n) is 5.06. The van der Waals surface area contributed by atoms with Crippen LogP contribution in [0.2, 0.25) is 0 Å². The number of nitrogens with zero attached hydrogens (tertiary/aromatic N) is 6. The van der Waals surface area contributed by atoms with Crippen LogP contribution in [-0.2, 0) is 29.3 Å². The van der Waals surface area contributed by atoms with Crippen LogP contribution < -0.4 is 21.2 Å². The molecule has 0 radical (unpaired) electrons. The van der Waals surface area contributed by atoms with Gasteiger partial charge >= 0.3 is 0 Å². The summed E-state index contributed by atoms with van der Waals surface area (Å²) in [6.45, 7) is 4.03. The average Bonchev–Trinajstić information content (AvgIpc) is 3.88. The molecule has 0 unspecified atom stereocenters. The minimum absolute atomic E-state index is 0.0956. The number of rotatable bonds is 14. The molecule has 1 saturated carbocycles. The van der Waals surface area contributed by atoms with E-state index in [9.17, 15) is 22.8 Å². The summed E-state index contributed by atoms with van der Waals surface area (Å²) >= 11 is 0. The molecule has 4 rings (SSSR count). The second-order valence-corrected chi connectivity index (χ2v) is 12.8. The summed E-state index contributed by atoms with van der Waals surface area (Å²) in [4.78, 5) is 59.6. The van der Waals surface area contributed by atoms with Crippen LogP contribution in [0.4, 0.5) is 0 Å². The molecule has 3 fully saturated rings. The normalized spacial score (nSPS) is 19.4. The van der Waals surface area contributed by atoms with Crippen molar-refractivity contribution in [1.82, 2.24) is 39.4 Å². The minimum atomic E-state index is -4.07. The minimum Gasteiger partial charge on any atom is -0.481 e. The molecular formula is C27H44N10O8S. The monoisotopic (exact) mass is 668 g/mol. The van der Waals surface area contributed by atoms with Gasteiger partial charge in [-0.25, -0.2) is 4.98 Å². The molecule has 256 valence electrons. The molecule has 3 aliphatic rings. The van der Waals surface area contributed by atoms with Gasteiger partial charge in [0, 0.05) is 71.2 Å². The van der Waals surface area contributed by atoms with Gasteiger partial charge in [0.2, 0.25) is 11.8 Å². The number of carboxylic acid groups (broad SMARTS) is 1. The van der Waals surface area contributed by atoms with Crippen molar-refractivity contribution in [2.24, 2.45) is 16.9 Å². The van der Waals surface area contributed by atoms with Crippen molar-refractivity contribution in [2.45, 2.75) is 51.1 Å². The Balaban J connectivity index is 0.00000136. The summed E-state index contributed by atoms with van der Waals surface area (Å²) in [5.74, 6) is 3.22. The van der Waals surface area contributed by atoms with Crippen molar-refractivity contribution in [3.05, 3.63) is 24.3 Å². The highest BCUT2D eigenvalue weighted by Crippen LogP contribution is 2.27. The van der Waals surface area contributed by atoms with Crippen molar-refractivity contribution in [3.63, 3.8) is 0 Å². The van der Waals surface area contributed by atoms with Crippen LogP contribution >= 0.6 is 0 Å². The van der Waals surface area contributed by atoms with Gasteiger partial charge in [0.25, 0.3) is 22.1 Å². The number of morpholine rings is 1. The van der Waals surface area contributed by atoms with E-state index < -0.39 is 39.9 Å². The molecule has 19 heteroatoms. The standard InChI is InChI=1S/C25H40N10O6S.C2H4O2/c26-31-18-33-8-1-2-19(17-33)15-30-23(36)14-21(32-42(39,40)34-10-12-41-13-11-34)25(38)35(20-3-4-20)9-7-29-24(37)22-16-27-5-6-28-22;1-2(3)4/h5-6,16,18-21,32H,1-4,7-15,17,26H2,(H,29,37)(H,30,36);1H3,(H,3,4)/t19-,21-;/m0./s1. The van der Waals surface area contributed by atoms with Crippen molar-refractivity contribution < 1.29 is 37.4 Å². The molecule has 0 spiro atoms. The van der Waals surface area contributed by atoms with Crippen molar-refractivity contribution >= 4 is 40.2 Å². The van der Waals surface area contributed by atoms with Gasteiger partial charge in [0.15, 0.2) is 0 Å². The Labute approximate surface area is 268 Å². The van der Waals surface area contributed by atoms with Gasteiger partial charge in [-0.15, -0.1) is 0 Å². The Morgan fingerprint density at radius 1 is 1.17 bits per heavy atom. The number of hydrogen-bond acceptors (Lipinski definition) is 11. The van der Waals surface area contributed by atoms with Gasteiger partial charge in [0.1, 0.15) is 18.1 Å². The summed E-state index contributed by atoms with van der Waals surface area (Å²) in [6.07, 6.45) is 8.76. The number of aliphatic carboxylic acids is 1. The number of likely N-dealkylation sites (tertiary alicyclic amines) is 1. The van der Waals surface area contributed by atoms with Gasteiger partial charge in [-0.1, -0.05) is 0 Å². The zero-order valence-corrected chi connectivity index (χ0v) is 26.7. The molecule has 1 aromatic rings. The fourth-order valence-corrected chi connectivity index (χ4v) is 6.38. The van der Waals surface area contributed by atoms with Crippen molar-refractivity contribution in [2.75, 3.05) is 59.0 Å². The van der Waals surface area contributed by atoms with Gasteiger partial charge in [-0.3, -0.25) is 24.2 Å². The summed E-state index contributed by atoms with van der Waals surface area (Å²) < 4.78 is 35.4. The number of hydrazone groups is 1. The first kappa shape index (κ1) is 36.5. The molecule has 2 saturated heterocycles. The van der Waals surface area contributed by atoms with Crippen LogP contribution in [0, 0.1) is 5.92 Å². The van der Waals surface area contributed by atoms with Gasteiger partial charge in [0.05, 0.1) is 25.8 Å². The highest BCUT2D eigenvalue weighted by atomic mass is 32.2. The third kappa shape index (κ3) is 12.5. The van der Waals surface area contributed by atoms with Gasteiger partial charge in [-0.05, 0) is 31.6 Å². The Hall–Kier alpha value is -3.94. The Morgan fingerprint density at radius 2 is 1.89 bits per heavy atom. The Kier molecular flexibility index (Phi) is 14.5. The van der Waals surface area contributed by atoms with E-state index in [1.165, 1.54) is 22.9 Å². The van der Waals surface area contributed by atoms with Gasteiger partial charge in [-0.2, -0.15) is 22.5 Å². The summed E-state index contributed by atoms with van der Waals surface area (Å²) in [7, 11) is -4.07. The molecule has 1 aliphatic carbocycles. The number of nitrogens with one attached hydrogen (secondary N) is 3. The molecule has 3 amide bonds. The van der Waals surface area contributed by atoms with Crippen LogP contribution in [0.25, 0.3) is 0 Å². The van der Waals surface area contributed by atoms with E-state index in [1.54, 1.807) is 11.2 Å². The number of piperidine rings is 1. The second-order valence-electron chi connectivity index (χ2n) is 11.1. The van der Waals surface area contributed by atoms with Crippen LogP contribution in [0.3, 0.4) is 0 Å². The number of aromatic nitrogens is 2. The SMILES string of the molecule is CC(=O)O.NN=CN1CCC[C@@H](CNC(=O)C[C@H](NS(=O)(=O)N2CCOCC2)C(=O)N(CCNC(=O)c2cnccn2)C2CC2)C1. The first-order valence-electron chi connectivity index (χ1n) is 15.1. The molecule has 3 heterocycles. The van der Waals surface area contributed by atoms with Crippen molar-refractivity contribution in [3.8, 4) is 0 Å². The average molecular weight is 669 g/mol. The molecule has 18 nitrogen and oxygen atoms in total. The van der Waals surface area contributed by atoms with Gasteiger partial charge < -0.3 is 36.1 Å². The Morgan fingerprint density at radius 3 is 2.52 bits per heavy atom. The lowest BCUT2D eigenvalue weighted by Gasteiger charge is -2.32. The Bertz CT molecular complexity index is 1290. The molecule has 0 bridgehead atoms. The fraction of sp³-hybridized carbons (Fsp3) is 0.667. The summed E-state index contributed by atoms with van der Waals surface area (Å²) in [5.41, 5.74) is 0.144. The van der Waals surface area contributed by atoms with Crippen LogP contribution in [0.1, 0.15) is 49.5 Å². The highest BCUT2D eigenvalue weighted by molar-refractivity contribution is 7.87. The highest BCUT2D eigenvalue weighted by Gasteiger charge is 2.39. The smallest absolute Gasteiger partial charge is 0.300 e. The number of carboxylic acids is 1. The quantitative estimate of drug-likeness (QED) is 0.0622. The molecule has 6 N–H and O–H groups in total. The van der Waals surface area contributed by atoms with E-state index in [4.69, 9.17) is 20.5 Å². The van der Waals surface area contributed by atoms with E-state index in [0.29, 0.717) is 13.1 Å².